The molecule has 22 heavy (non-hydrogen) atoms. The first kappa shape index (κ1) is 19.3. The molecule has 0 atom stereocenters. The van der Waals surface area contributed by atoms with Crippen LogP contribution in [0.5, 0.6) is 5.75 Å². The number of rotatable bonds is 4. The molecular weight excluding hydrogens is 319 g/mol. The van der Waals surface area contributed by atoms with Gasteiger partial charge in [0, 0.05) is 30.8 Å². The van der Waals surface area contributed by atoms with Crippen LogP contribution in [0.2, 0.25) is 0 Å². The fourth-order valence-electron chi connectivity index (χ4n) is 2.52. The SMILES string of the molecule is COc1ccc([N+](=O)[O-])cc1C1CCN(OC(=O)[O-])CC1.[K+]. The van der Waals surface area contributed by atoms with Crippen molar-refractivity contribution in [1.29, 1.82) is 0 Å². The van der Waals surface area contributed by atoms with Crippen molar-refractivity contribution in [3.8, 4) is 5.75 Å². The number of nitro groups is 1. The summed E-state index contributed by atoms with van der Waals surface area (Å²) in [5, 5.41) is 22.6. The van der Waals surface area contributed by atoms with Crippen LogP contribution >= 0.6 is 0 Å². The average Bonchev–Trinajstić information content (AvgIpc) is 2.46. The predicted molar refractivity (Wildman–Crippen MR) is 69.7 cm³/mol. The summed E-state index contributed by atoms with van der Waals surface area (Å²) in [7, 11) is 1.51. The van der Waals surface area contributed by atoms with Gasteiger partial charge in [-0.3, -0.25) is 10.1 Å². The monoisotopic (exact) mass is 334 g/mol. The van der Waals surface area contributed by atoms with E-state index in [9.17, 15) is 20.0 Å². The summed E-state index contributed by atoms with van der Waals surface area (Å²) in [4.78, 5) is 25.3. The second kappa shape index (κ2) is 8.80. The molecule has 9 heteroatoms. The molecule has 114 valence electrons. The van der Waals surface area contributed by atoms with E-state index in [1.54, 1.807) is 6.07 Å². The van der Waals surface area contributed by atoms with Gasteiger partial charge >= 0.3 is 51.4 Å². The topological polar surface area (TPSA) is 105 Å². The van der Waals surface area contributed by atoms with Gasteiger partial charge in [-0.1, -0.05) is 0 Å². The van der Waals surface area contributed by atoms with Gasteiger partial charge in [0.1, 0.15) is 5.75 Å². The maximum atomic E-state index is 10.9. The van der Waals surface area contributed by atoms with Crippen molar-refractivity contribution in [3.63, 3.8) is 0 Å². The minimum absolute atomic E-state index is 0. The van der Waals surface area contributed by atoms with Gasteiger partial charge in [0.15, 0.2) is 0 Å². The van der Waals surface area contributed by atoms with Crippen LogP contribution in [-0.4, -0.2) is 36.3 Å². The second-order valence-electron chi connectivity index (χ2n) is 4.73. The number of nitro benzene ring substituents is 1. The fourth-order valence-corrected chi connectivity index (χ4v) is 2.52. The fraction of sp³-hybridized carbons (Fsp3) is 0.462. The third-order valence-electron chi connectivity index (χ3n) is 3.52. The van der Waals surface area contributed by atoms with Crippen molar-refractivity contribution in [3.05, 3.63) is 33.9 Å². The number of non-ortho nitro benzene ring substituents is 1. The Bertz CT molecular complexity index is 545. The number of carboxylic acid groups (broad SMARTS) is 1. The molecule has 1 aliphatic rings. The number of benzene rings is 1. The Kier molecular flexibility index (Phi) is 7.73. The zero-order valence-electron chi connectivity index (χ0n) is 12.5. The zero-order chi connectivity index (χ0) is 15.4. The van der Waals surface area contributed by atoms with Crippen LogP contribution in [-0.2, 0) is 4.84 Å². The van der Waals surface area contributed by atoms with Crippen LogP contribution in [0.4, 0.5) is 10.5 Å². The number of hydrogen-bond donors (Lipinski definition) is 0. The van der Waals surface area contributed by atoms with Gasteiger partial charge in [-0.05, 0) is 24.8 Å². The maximum absolute atomic E-state index is 10.9. The van der Waals surface area contributed by atoms with E-state index in [0.29, 0.717) is 31.7 Å². The maximum Gasteiger partial charge on any atom is 1.00 e. The predicted octanol–water partition coefficient (Wildman–Crippen LogP) is -1.94. The van der Waals surface area contributed by atoms with Crippen molar-refractivity contribution >= 4 is 11.8 Å². The molecule has 1 heterocycles. The van der Waals surface area contributed by atoms with Crippen LogP contribution in [0.15, 0.2) is 18.2 Å². The van der Waals surface area contributed by atoms with Gasteiger partial charge in [0.05, 0.1) is 12.0 Å². The first-order valence-corrected chi connectivity index (χ1v) is 6.47. The zero-order valence-corrected chi connectivity index (χ0v) is 15.6. The van der Waals surface area contributed by atoms with Crippen molar-refractivity contribution in [2.45, 2.75) is 18.8 Å². The van der Waals surface area contributed by atoms with E-state index in [1.807, 2.05) is 0 Å². The van der Waals surface area contributed by atoms with E-state index in [-0.39, 0.29) is 63.0 Å². The van der Waals surface area contributed by atoms with Crippen molar-refractivity contribution in [2.75, 3.05) is 20.2 Å². The quantitative estimate of drug-likeness (QED) is 0.358. The summed E-state index contributed by atoms with van der Waals surface area (Å²) in [5.41, 5.74) is 0.777. The molecule has 1 aromatic carbocycles. The van der Waals surface area contributed by atoms with E-state index in [1.165, 1.54) is 24.3 Å². The van der Waals surface area contributed by atoms with Gasteiger partial charge < -0.3 is 19.5 Å². The van der Waals surface area contributed by atoms with Crippen LogP contribution in [0.25, 0.3) is 0 Å². The summed E-state index contributed by atoms with van der Waals surface area (Å²) in [6.45, 7) is 0.814. The normalized spacial score (nSPS) is 15.7. The van der Waals surface area contributed by atoms with Gasteiger partial charge in [0.25, 0.3) is 11.8 Å². The molecule has 0 amide bonds. The van der Waals surface area contributed by atoms with E-state index >= 15 is 0 Å². The third-order valence-corrected chi connectivity index (χ3v) is 3.52. The molecule has 0 saturated carbocycles. The molecule has 1 aromatic rings. The Morgan fingerprint density at radius 1 is 1.36 bits per heavy atom. The van der Waals surface area contributed by atoms with Crippen LogP contribution < -0.4 is 61.2 Å². The second-order valence-corrected chi connectivity index (χ2v) is 4.73. The molecule has 0 radical (unpaired) electrons. The number of hydroxylamine groups is 2. The molecule has 0 unspecified atom stereocenters. The van der Waals surface area contributed by atoms with Gasteiger partial charge in [0.2, 0.25) is 0 Å². The number of nitrogens with zero attached hydrogens (tertiary/aromatic N) is 2. The first-order chi connectivity index (χ1) is 10.0. The number of methoxy groups -OCH3 is 1. The summed E-state index contributed by atoms with van der Waals surface area (Å²) >= 11 is 0. The Balaban J connectivity index is 0.00000242. The van der Waals surface area contributed by atoms with E-state index in [0.717, 1.165) is 5.56 Å². The molecular formula is C13H15KN2O6. The van der Waals surface area contributed by atoms with Gasteiger partial charge in [-0.15, -0.1) is 0 Å². The van der Waals surface area contributed by atoms with Gasteiger partial charge in [-0.2, -0.15) is 0 Å². The number of carbonyl (C=O) groups excluding carboxylic acids is 1. The number of hydrogen-bond acceptors (Lipinski definition) is 7. The summed E-state index contributed by atoms with van der Waals surface area (Å²) < 4.78 is 5.25. The largest absolute Gasteiger partial charge is 1.00 e. The third kappa shape index (κ3) is 4.90. The first-order valence-electron chi connectivity index (χ1n) is 6.47. The smallest absolute Gasteiger partial charge is 0.496 e. The van der Waals surface area contributed by atoms with E-state index < -0.39 is 11.1 Å². The molecule has 8 nitrogen and oxygen atoms in total. The minimum atomic E-state index is -1.58. The number of ether oxygens (including phenoxy) is 1. The molecule has 0 spiro atoms. The summed E-state index contributed by atoms with van der Waals surface area (Å²) in [6.07, 6.45) is -0.350. The number of carbonyl (C=O) groups is 1. The minimum Gasteiger partial charge on any atom is -0.496 e. The molecule has 1 fully saturated rings. The summed E-state index contributed by atoms with van der Waals surface area (Å²) in [6, 6.07) is 4.49. The van der Waals surface area contributed by atoms with Crippen molar-refractivity contribution in [1.82, 2.24) is 5.06 Å². The Morgan fingerprint density at radius 2 is 2.00 bits per heavy atom. The molecule has 0 aliphatic carbocycles. The molecule has 0 N–H and O–H groups in total. The Morgan fingerprint density at radius 3 is 2.50 bits per heavy atom. The van der Waals surface area contributed by atoms with E-state index in [4.69, 9.17) is 4.74 Å². The van der Waals surface area contributed by atoms with Crippen molar-refractivity contribution < 1.29 is 75.8 Å². The van der Waals surface area contributed by atoms with Gasteiger partial charge in [-0.25, -0.2) is 5.06 Å². The standard InChI is InChI=1S/C13H16N2O6.K/c1-20-12-3-2-10(15(18)19)8-11(12)9-4-6-14(7-5-9)21-13(16)17;/h2-3,8-9H,4-7H2,1H3,(H,16,17);/q;+1/p-1. The van der Waals surface area contributed by atoms with Crippen LogP contribution in [0.3, 0.4) is 0 Å². The number of piperidine rings is 1. The molecule has 1 saturated heterocycles. The molecule has 1 aliphatic heterocycles. The molecule has 2 rings (SSSR count). The molecule has 0 aromatic heterocycles. The Hall–Kier alpha value is -0.714. The van der Waals surface area contributed by atoms with Crippen LogP contribution in [0.1, 0.15) is 24.3 Å². The summed E-state index contributed by atoms with van der Waals surface area (Å²) in [5.74, 6) is 0.654. The Labute approximate surface area is 169 Å². The van der Waals surface area contributed by atoms with Crippen molar-refractivity contribution in [2.24, 2.45) is 0 Å². The van der Waals surface area contributed by atoms with E-state index in [2.05, 4.69) is 4.84 Å². The van der Waals surface area contributed by atoms with Crippen LogP contribution in [0, 0.1) is 10.1 Å². The average molecular weight is 334 g/mol. The molecule has 0 bridgehead atoms.